The molecule has 0 radical (unpaired) electrons. The summed E-state index contributed by atoms with van der Waals surface area (Å²) in [4.78, 5) is 10.7. The molecule has 0 aliphatic heterocycles. The summed E-state index contributed by atoms with van der Waals surface area (Å²) in [5.74, 6) is -0.880. The van der Waals surface area contributed by atoms with E-state index in [4.69, 9.17) is 5.11 Å². The Balaban J connectivity index is 2.99. The van der Waals surface area contributed by atoms with E-state index in [0.29, 0.717) is 5.69 Å². The van der Waals surface area contributed by atoms with E-state index < -0.39 is 5.97 Å². The number of aryl methyl sites for hydroxylation is 1. The summed E-state index contributed by atoms with van der Waals surface area (Å²) in [6.45, 7) is 2.76. The van der Waals surface area contributed by atoms with Crippen LogP contribution in [0.4, 0.5) is 0 Å². The maximum Gasteiger partial charge on any atom is 0.352 e. The molecule has 1 rings (SSSR count). The molecule has 1 N–H and O–H groups in total. The number of hydrogen-bond donors (Lipinski definition) is 1. The monoisotopic (exact) mass is 231 g/mol. The third-order valence-corrected chi connectivity index (χ3v) is 1.98. The van der Waals surface area contributed by atoms with Crippen molar-refractivity contribution in [1.29, 1.82) is 0 Å². The number of halogens is 1. The normalized spacial score (nSPS) is 10.2. The standard InChI is InChI=1S/C8H10BrNO2/c1-2-3-10-5-6(9)4-7(10)8(11)12/h4-5H,2-3H2,1H3,(H,11,12). The lowest BCUT2D eigenvalue weighted by atomic mass is 10.4. The van der Waals surface area contributed by atoms with Crippen LogP contribution in [0.3, 0.4) is 0 Å². The Morgan fingerprint density at radius 3 is 2.92 bits per heavy atom. The zero-order chi connectivity index (χ0) is 9.14. The summed E-state index contributed by atoms with van der Waals surface area (Å²) in [6.07, 6.45) is 2.72. The molecule has 0 fully saturated rings. The summed E-state index contributed by atoms with van der Waals surface area (Å²) < 4.78 is 2.54. The zero-order valence-electron chi connectivity index (χ0n) is 6.75. The average molecular weight is 232 g/mol. The minimum Gasteiger partial charge on any atom is -0.477 e. The fourth-order valence-corrected chi connectivity index (χ4v) is 1.54. The number of rotatable bonds is 3. The molecular weight excluding hydrogens is 222 g/mol. The van der Waals surface area contributed by atoms with Crippen LogP contribution in [-0.2, 0) is 6.54 Å². The smallest absolute Gasteiger partial charge is 0.352 e. The lowest BCUT2D eigenvalue weighted by Gasteiger charge is -2.01. The summed E-state index contributed by atoms with van der Waals surface area (Å²) in [6, 6.07) is 1.61. The van der Waals surface area contributed by atoms with Crippen molar-refractivity contribution in [3.05, 3.63) is 22.4 Å². The number of carbonyl (C=O) groups is 1. The van der Waals surface area contributed by atoms with Gasteiger partial charge in [0.15, 0.2) is 0 Å². The van der Waals surface area contributed by atoms with Crippen LogP contribution in [-0.4, -0.2) is 15.6 Å². The third-order valence-electron chi connectivity index (χ3n) is 1.55. The van der Waals surface area contributed by atoms with Gasteiger partial charge >= 0.3 is 5.97 Å². The van der Waals surface area contributed by atoms with E-state index in [0.717, 1.165) is 17.4 Å². The molecule has 0 aromatic carbocycles. The molecule has 0 atom stereocenters. The molecule has 0 bridgehead atoms. The Hall–Kier alpha value is -0.770. The highest BCUT2D eigenvalue weighted by atomic mass is 79.9. The average Bonchev–Trinajstić information content (AvgIpc) is 2.32. The van der Waals surface area contributed by atoms with Gasteiger partial charge in [-0.3, -0.25) is 0 Å². The SMILES string of the molecule is CCCn1cc(Br)cc1C(=O)O. The predicted molar refractivity (Wildman–Crippen MR) is 49.4 cm³/mol. The Bertz CT molecular complexity index is 293. The first-order chi connectivity index (χ1) is 5.65. The number of hydrogen-bond acceptors (Lipinski definition) is 1. The van der Waals surface area contributed by atoms with Gasteiger partial charge in [-0.2, -0.15) is 0 Å². The van der Waals surface area contributed by atoms with Gasteiger partial charge in [-0.15, -0.1) is 0 Å². The number of aromatic carboxylic acids is 1. The number of carboxylic acid groups (broad SMARTS) is 1. The number of carboxylic acids is 1. The second-order valence-corrected chi connectivity index (χ2v) is 3.46. The van der Waals surface area contributed by atoms with E-state index in [1.165, 1.54) is 0 Å². The molecular formula is C8H10BrNO2. The maximum atomic E-state index is 10.7. The molecule has 0 spiro atoms. The van der Waals surface area contributed by atoms with Crippen LogP contribution in [0.1, 0.15) is 23.8 Å². The molecule has 1 heterocycles. The van der Waals surface area contributed by atoms with Crippen LogP contribution in [0, 0.1) is 0 Å². The first-order valence-corrected chi connectivity index (χ1v) is 4.53. The fourth-order valence-electron chi connectivity index (χ4n) is 1.08. The van der Waals surface area contributed by atoms with Gasteiger partial charge in [-0.25, -0.2) is 4.79 Å². The van der Waals surface area contributed by atoms with Crippen LogP contribution in [0.5, 0.6) is 0 Å². The van der Waals surface area contributed by atoms with Gasteiger partial charge in [-0.05, 0) is 28.4 Å². The van der Waals surface area contributed by atoms with E-state index in [9.17, 15) is 4.79 Å². The Morgan fingerprint density at radius 2 is 2.42 bits per heavy atom. The minimum atomic E-state index is -0.880. The molecule has 66 valence electrons. The Kier molecular flexibility index (Phi) is 2.92. The molecule has 4 heteroatoms. The van der Waals surface area contributed by atoms with Crippen LogP contribution >= 0.6 is 15.9 Å². The van der Waals surface area contributed by atoms with Gasteiger partial charge < -0.3 is 9.67 Å². The van der Waals surface area contributed by atoms with Crippen molar-refractivity contribution >= 4 is 21.9 Å². The highest BCUT2D eigenvalue weighted by Gasteiger charge is 2.09. The minimum absolute atomic E-state index is 0.337. The Morgan fingerprint density at radius 1 is 1.75 bits per heavy atom. The maximum absolute atomic E-state index is 10.7. The van der Waals surface area contributed by atoms with Crippen molar-refractivity contribution in [3.63, 3.8) is 0 Å². The lowest BCUT2D eigenvalue weighted by Crippen LogP contribution is -2.06. The molecule has 3 nitrogen and oxygen atoms in total. The number of aromatic nitrogens is 1. The van der Waals surface area contributed by atoms with Gasteiger partial charge in [0.1, 0.15) is 5.69 Å². The van der Waals surface area contributed by atoms with Crippen LogP contribution in [0.2, 0.25) is 0 Å². The molecule has 1 aromatic rings. The highest BCUT2D eigenvalue weighted by molar-refractivity contribution is 9.10. The molecule has 12 heavy (non-hydrogen) atoms. The summed E-state index contributed by atoms with van der Waals surface area (Å²) in [5.41, 5.74) is 0.337. The van der Waals surface area contributed by atoms with Gasteiger partial charge in [0.05, 0.1) is 0 Å². The van der Waals surface area contributed by atoms with Gasteiger partial charge in [-0.1, -0.05) is 6.92 Å². The molecule has 0 amide bonds. The first kappa shape index (κ1) is 9.32. The lowest BCUT2D eigenvalue weighted by molar-refractivity contribution is 0.0685. The predicted octanol–water partition coefficient (Wildman–Crippen LogP) is 2.36. The van der Waals surface area contributed by atoms with Crippen molar-refractivity contribution in [1.82, 2.24) is 4.57 Å². The molecule has 0 aliphatic rings. The van der Waals surface area contributed by atoms with Gasteiger partial charge in [0, 0.05) is 17.2 Å². The Labute approximate surface area is 79.1 Å². The van der Waals surface area contributed by atoms with Crippen molar-refractivity contribution < 1.29 is 9.90 Å². The van der Waals surface area contributed by atoms with Crippen molar-refractivity contribution in [3.8, 4) is 0 Å². The van der Waals surface area contributed by atoms with E-state index in [-0.39, 0.29) is 0 Å². The van der Waals surface area contributed by atoms with E-state index in [2.05, 4.69) is 15.9 Å². The zero-order valence-corrected chi connectivity index (χ0v) is 8.34. The van der Waals surface area contributed by atoms with Crippen molar-refractivity contribution in [2.45, 2.75) is 19.9 Å². The second-order valence-electron chi connectivity index (χ2n) is 2.54. The summed E-state index contributed by atoms with van der Waals surface area (Å²) in [5, 5.41) is 8.76. The van der Waals surface area contributed by atoms with Crippen LogP contribution < -0.4 is 0 Å². The van der Waals surface area contributed by atoms with Crippen molar-refractivity contribution in [2.24, 2.45) is 0 Å². The van der Waals surface area contributed by atoms with E-state index in [1.807, 2.05) is 6.92 Å². The molecule has 0 saturated heterocycles. The first-order valence-electron chi connectivity index (χ1n) is 3.74. The van der Waals surface area contributed by atoms with Crippen molar-refractivity contribution in [2.75, 3.05) is 0 Å². The van der Waals surface area contributed by atoms with E-state index >= 15 is 0 Å². The van der Waals surface area contributed by atoms with Gasteiger partial charge in [0.25, 0.3) is 0 Å². The third kappa shape index (κ3) is 1.88. The largest absolute Gasteiger partial charge is 0.477 e. The molecule has 0 unspecified atom stereocenters. The fraction of sp³-hybridized carbons (Fsp3) is 0.375. The molecule has 1 aromatic heterocycles. The highest BCUT2D eigenvalue weighted by Crippen LogP contribution is 2.15. The quantitative estimate of drug-likeness (QED) is 0.869. The number of nitrogens with zero attached hydrogens (tertiary/aromatic N) is 1. The second kappa shape index (κ2) is 3.76. The molecule has 0 aliphatic carbocycles. The van der Waals surface area contributed by atoms with Crippen LogP contribution in [0.25, 0.3) is 0 Å². The van der Waals surface area contributed by atoms with Gasteiger partial charge in [0.2, 0.25) is 0 Å². The summed E-state index contributed by atoms with van der Waals surface area (Å²) in [7, 11) is 0. The molecule has 0 saturated carbocycles. The van der Waals surface area contributed by atoms with E-state index in [1.54, 1.807) is 16.8 Å². The summed E-state index contributed by atoms with van der Waals surface area (Å²) >= 11 is 3.24. The topological polar surface area (TPSA) is 42.2 Å². The van der Waals surface area contributed by atoms with Crippen LogP contribution in [0.15, 0.2) is 16.7 Å².